The second kappa shape index (κ2) is 7.71. The molecule has 0 fully saturated rings. The maximum Gasteiger partial charge on any atom is 0.126 e. The SMILES string of the molecule is NNC(CCOc1ccccc1)Cc1cc(F)cc(F)c1. The molecule has 3 N–H and O–H groups in total. The number of halogens is 2. The Balaban J connectivity index is 1.85. The lowest BCUT2D eigenvalue weighted by Crippen LogP contribution is -2.38. The van der Waals surface area contributed by atoms with Crippen LogP contribution in [0.2, 0.25) is 0 Å². The molecule has 0 aromatic heterocycles. The molecule has 5 heteroatoms. The Morgan fingerprint density at radius 1 is 1.05 bits per heavy atom. The van der Waals surface area contributed by atoms with Crippen LogP contribution in [0.5, 0.6) is 5.75 Å². The van der Waals surface area contributed by atoms with Crippen LogP contribution in [-0.4, -0.2) is 12.6 Å². The number of benzene rings is 2. The van der Waals surface area contributed by atoms with Crippen molar-refractivity contribution in [2.45, 2.75) is 18.9 Å². The third-order valence-corrected chi connectivity index (χ3v) is 3.12. The van der Waals surface area contributed by atoms with Crippen molar-refractivity contribution in [3.05, 3.63) is 65.7 Å². The van der Waals surface area contributed by atoms with E-state index in [1.165, 1.54) is 12.1 Å². The molecule has 1 unspecified atom stereocenters. The predicted octanol–water partition coefficient (Wildman–Crippen LogP) is 2.81. The standard InChI is InChI=1S/C16H18F2N2O/c17-13-8-12(9-14(18)11-13)10-15(20-19)6-7-21-16-4-2-1-3-5-16/h1-5,8-9,11,15,20H,6-7,10,19H2. The number of hydrazine groups is 1. The third-order valence-electron chi connectivity index (χ3n) is 3.12. The Morgan fingerprint density at radius 2 is 1.71 bits per heavy atom. The second-order valence-electron chi connectivity index (χ2n) is 4.80. The number of hydrogen-bond donors (Lipinski definition) is 2. The molecule has 0 aliphatic heterocycles. The van der Waals surface area contributed by atoms with Gasteiger partial charge >= 0.3 is 0 Å². The van der Waals surface area contributed by atoms with E-state index in [0.29, 0.717) is 25.0 Å². The molecular weight excluding hydrogens is 274 g/mol. The molecule has 2 aromatic carbocycles. The first-order chi connectivity index (χ1) is 10.2. The van der Waals surface area contributed by atoms with Gasteiger partial charge < -0.3 is 4.74 Å². The van der Waals surface area contributed by atoms with Gasteiger partial charge in [-0.25, -0.2) is 8.78 Å². The van der Waals surface area contributed by atoms with E-state index in [2.05, 4.69) is 5.43 Å². The number of hydrogen-bond acceptors (Lipinski definition) is 3. The van der Waals surface area contributed by atoms with Crippen molar-refractivity contribution in [3.8, 4) is 5.75 Å². The Hall–Kier alpha value is -1.98. The summed E-state index contributed by atoms with van der Waals surface area (Å²) in [6.07, 6.45) is 1.06. The van der Waals surface area contributed by atoms with Gasteiger partial charge in [0.25, 0.3) is 0 Å². The van der Waals surface area contributed by atoms with Crippen molar-refractivity contribution < 1.29 is 13.5 Å². The molecule has 0 bridgehead atoms. The van der Waals surface area contributed by atoms with E-state index in [-0.39, 0.29) is 6.04 Å². The summed E-state index contributed by atoms with van der Waals surface area (Å²) < 4.78 is 31.9. The van der Waals surface area contributed by atoms with E-state index in [1.54, 1.807) is 0 Å². The van der Waals surface area contributed by atoms with Crippen molar-refractivity contribution in [2.24, 2.45) is 5.84 Å². The summed E-state index contributed by atoms with van der Waals surface area (Å²) in [6, 6.07) is 12.8. The van der Waals surface area contributed by atoms with Gasteiger partial charge in [0.2, 0.25) is 0 Å². The average molecular weight is 292 g/mol. The van der Waals surface area contributed by atoms with Gasteiger partial charge in [0.05, 0.1) is 6.61 Å². The molecule has 2 rings (SSSR count). The Kier molecular flexibility index (Phi) is 5.66. The summed E-state index contributed by atoms with van der Waals surface area (Å²) in [7, 11) is 0. The zero-order chi connectivity index (χ0) is 15.1. The molecule has 0 aliphatic rings. The number of nitrogens with two attached hydrogens (primary N) is 1. The lowest BCUT2D eigenvalue weighted by Gasteiger charge is -2.16. The minimum Gasteiger partial charge on any atom is -0.494 e. The number of nitrogens with one attached hydrogen (secondary N) is 1. The van der Waals surface area contributed by atoms with Crippen molar-refractivity contribution in [3.63, 3.8) is 0 Å². The molecule has 2 aromatic rings. The van der Waals surface area contributed by atoms with Gasteiger partial charge in [-0.15, -0.1) is 0 Å². The van der Waals surface area contributed by atoms with Gasteiger partial charge in [-0.1, -0.05) is 18.2 Å². The van der Waals surface area contributed by atoms with Crippen molar-refractivity contribution in [1.82, 2.24) is 5.43 Å². The van der Waals surface area contributed by atoms with E-state index in [0.717, 1.165) is 11.8 Å². The zero-order valence-electron chi connectivity index (χ0n) is 11.6. The van der Waals surface area contributed by atoms with Crippen LogP contribution in [0.1, 0.15) is 12.0 Å². The first kappa shape index (κ1) is 15.4. The Labute approximate surface area is 122 Å². The van der Waals surface area contributed by atoms with E-state index in [9.17, 15) is 8.78 Å². The third kappa shape index (κ3) is 5.13. The maximum absolute atomic E-state index is 13.1. The minimum atomic E-state index is -0.582. The predicted molar refractivity (Wildman–Crippen MR) is 77.7 cm³/mol. The van der Waals surface area contributed by atoms with E-state index in [1.807, 2.05) is 30.3 Å². The van der Waals surface area contributed by atoms with Crippen LogP contribution >= 0.6 is 0 Å². The second-order valence-corrected chi connectivity index (χ2v) is 4.80. The minimum absolute atomic E-state index is 0.116. The largest absolute Gasteiger partial charge is 0.494 e. The molecule has 112 valence electrons. The van der Waals surface area contributed by atoms with E-state index in [4.69, 9.17) is 10.6 Å². The summed E-state index contributed by atoms with van der Waals surface area (Å²) >= 11 is 0. The van der Waals surface area contributed by atoms with Crippen molar-refractivity contribution in [1.29, 1.82) is 0 Å². The molecule has 0 amide bonds. The first-order valence-electron chi connectivity index (χ1n) is 6.76. The molecule has 0 saturated carbocycles. The van der Waals surface area contributed by atoms with Gasteiger partial charge in [-0.3, -0.25) is 11.3 Å². The van der Waals surface area contributed by atoms with Gasteiger partial charge in [0.15, 0.2) is 0 Å². The molecule has 0 radical (unpaired) electrons. The van der Waals surface area contributed by atoms with Gasteiger partial charge in [0, 0.05) is 12.1 Å². The molecule has 0 spiro atoms. The Bertz CT molecular complexity index is 543. The number of ether oxygens (including phenoxy) is 1. The summed E-state index contributed by atoms with van der Waals surface area (Å²) in [4.78, 5) is 0. The van der Waals surface area contributed by atoms with Crippen molar-refractivity contribution >= 4 is 0 Å². The monoisotopic (exact) mass is 292 g/mol. The molecule has 0 aliphatic carbocycles. The molecular formula is C16H18F2N2O. The highest BCUT2D eigenvalue weighted by Gasteiger charge is 2.10. The fourth-order valence-corrected chi connectivity index (χ4v) is 2.09. The van der Waals surface area contributed by atoms with Crippen molar-refractivity contribution in [2.75, 3.05) is 6.61 Å². The highest BCUT2D eigenvalue weighted by atomic mass is 19.1. The quantitative estimate of drug-likeness (QED) is 0.609. The lowest BCUT2D eigenvalue weighted by molar-refractivity contribution is 0.285. The number of para-hydroxylation sites is 1. The van der Waals surface area contributed by atoms with Crippen LogP contribution in [0.25, 0.3) is 0 Å². The van der Waals surface area contributed by atoms with Crippen LogP contribution in [0.3, 0.4) is 0 Å². The topological polar surface area (TPSA) is 47.3 Å². The molecule has 0 heterocycles. The molecule has 21 heavy (non-hydrogen) atoms. The smallest absolute Gasteiger partial charge is 0.126 e. The van der Waals surface area contributed by atoms with Crippen LogP contribution < -0.4 is 16.0 Å². The van der Waals surface area contributed by atoms with E-state index >= 15 is 0 Å². The fourth-order valence-electron chi connectivity index (χ4n) is 2.09. The highest BCUT2D eigenvalue weighted by Crippen LogP contribution is 2.13. The lowest BCUT2D eigenvalue weighted by atomic mass is 10.0. The van der Waals surface area contributed by atoms with Crippen LogP contribution in [0.15, 0.2) is 48.5 Å². The zero-order valence-corrected chi connectivity index (χ0v) is 11.6. The molecule has 0 saturated heterocycles. The van der Waals surface area contributed by atoms with Crippen LogP contribution in [0, 0.1) is 11.6 Å². The fraction of sp³-hybridized carbons (Fsp3) is 0.250. The van der Waals surface area contributed by atoms with Gasteiger partial charge in [0.1, 0.15) is 17.4 Å². The highest BCUT2D eigenvalue weighted by molar-refractivity contribution is 5.21. The summed E-state index contributed by atoms with van der Waals surface area (Å²) in [5, 5.41) is 0. The van der Waals surface area contributed by atoms with E-state index < -0.39 is 11.6 Å². The average Bonchev–Trinajstić information content (AvgIpc) is 2.46. The summed E-state index contributed by atoms with van der Waals surface area (Å²) in [6.45, 7) is 0.469. The number of rotatable bonds is 7. The normalized spacial score (nSPS) is 12.1. The maximum atomic E-state index is 13.1. The first-order valence-corrected chi connectivity index (χ1v) is 6.76. The van der Waals surface area contributed by atoms with Gasteiger partial charge in [-0.05, 0) is 42.7 Å². The van der Waals surface area contributed by atoms with Gasteiger partial charge in [-0.2, -0.15) is 0 Å². The van der Waals surface area contributed by atoms with Crippen LogP contribution in [0.4, 0.5) is 8.78 Å². The molecule has 3 nitrogen and oxygen atoms in total. The summed E-state index contributed by atoms with van der Waals surface area (Å²) in [5.41, 5.74) is 3.22. The molecule has 1 atom stereocenters. The van der Waals surface area contributed by atoms with Crippen LogP contribution in [-0.2, 0) is 6.42 Å². The Morgan fingerprint density at radius 3 is 2.33 bits per heavy atom. The summed E-state index contributed by atoms with van der Waals surface area (Å²) in [5.74, 6) is 5.10.